The molecule has 1 N–H and O–H groups in total. The van der Waals surface area contributed by atoms with Gasteiger partial charge in [0.25, 0.3) is 10.0 Å². The first-order valence-corrected chi connectivity index (χ1v) is 17.0. The largest absolute Gasteiger partial charge is 0.352 e. The number of nitrogens with zero attached hydrogens (tertiary/aromatic N) is 2. The zero-order valence-corrected chi connectivity index (χ0v) is 28.0. The molecule has 2 atom stereocenters. The van der Waals surface area contributed by atoms with Gasteiger partial charge in [0.05, 0.1) is 10.6 Å². The van der Waals surface area contributed by atoms with Crippen molar-refractivity contribution in [3.05, 3.63) is 129 Å². The van der Waals surface area contributed by atoms with Crippen LogP contribution in [0.3, 0.4) is 0 Å². The van der Waals surface area contributed by atoms with E-state index in [-0.39, 0.29) is 45.5 Å². The van der Waals surface area contributed by atoms with E-state index in [9.17, 15) is 18.0 Å². The molecule has 4 rings (SSSR count). The number of sulfonamides is 1. The lowest BCUT2D eigenvalue weighted by molar-refractivity contribution is -0.140. The predicted octanol–water partition coefficient (Wildman–Crippen LogP) is 7.40. The minimum Gasteiger partial charge on any atom is -0.352 e. The summed E-state index contributed by atoms with van der Waals surface area (Å²) in [7, 11) is -4.27. The van der Waals surface area contributed by atoms with Gasteiger partial charge in [0, 0.05) is 34.1 Å². The maximum absolute atomic E-state index is 14.5. The average molecular weight is 687 g/mol. The molecule has 0 fully saturated rings. The van der Waals surface area contributed by atoms with Crippen molar-refractivity contribution in [3.8, 4) is 0 Å². The van der Waals surface area contributed by atoms with E-state index in [0.717, 1.165) is 9.87 Å². The summed E-state index contributed by atoms with van der Waals surface area (Å²) < 4.78 is 29.1. The molecule has 0 heterocycles. The topological polar surface area (TPSA) is 86.8 Å². The van der Waals surface area contributed by atoms with E-state index in [1.165, 1.54) is 35.2 Å². The van der Waals surface area contributed by atoms with E-state index in [0.29, 0.717) is 17.0 Å². The van der Waals surface area contributed by atoms with Crippen LogP contribution in [0.5, 0.6) is 0 Å². The summed E-state index contributed by atoms with van der Waals surface area (Å²) >= 11 is 18.7. The molecule has 7 nitrogen and oxygen atoms in total. The summed E-state index contributed by atoms with van der Waals surface area (Å²) in [6.07, 6.45) is 0.893. The Morgan fingerprint density at radius 2 is 1.36 bits per heavy atom. The Labute approximate surface area is 279 Å². The number of hydrogen-bond acceptors (Lipinski definition) is 4. The van der Waals surface area contributed by atoms with Crippen LogP contribution < -0.4 is 9.62 Å². The third kappa shape index (κ3) is 9.23. The first-order chi connectivity index (χ1) is 21.5. The molecule has 0 aliphatic carbocycles. The van der Waals surface area contributed by atoms with Gasteiger partial charge < -0.3 is 10.2 Å². The number of benzene rings is 4. The van der Waals surface area contributed by atoms with Crippen LogP contribution in [0, 0.1) is 0 Å². The van der Waals surface area contributed by atoms with Crippen molar-refractivity contribution < 1.29 is 18.0 Å². The van der Waals surface area contributed by atoms with Gasteiger partial charge in [-0.3, -0.25) is 13.9 Å². The number of rotatable bonds is 13. The zero-order valence-electron chi connectivity index (χ0n) is 24.9. The lowest BCUT2D eigenvalue weighted by Gasteiger charge is -2.34. The van der Waals surface area contributed by atoms with E-state index < -0.39 is 28.5 Å². The molecular weight excluding hydrogens is 653 g/mol. The normalized spacial score (nSPS) is 12.6. The molecule has 4 aromatic carbocycles. The van der Waals surface area contributed by atoms with E-state index in [1.54, 1.807) is 42.5 Å². The van der Waals surface area contributed by atoms with E-state index >= 15 is 0 Å². The van der Waals surface area contributed by atoms with Gasteiger partial charge in [-0.2, -0.15) is 0 Å². The van der Waals surface area contributed by atoms with E-state index in [1.807, 2.05) is 44.2 Å². The maximum atomic E-state index is 14.5. The Morgan fingerprint density at radius 3 is 1.93 bits per heavy atom. The first-order valence-electron chi connectivity index (χ1n) is 14.4. The van der Waals surface area contributed by atoms with Gasteiger partial charge in [-0.15, -0.1) is 0 Å². The van der Waals surface area contributed by atoms with Crippen LogP contribution in [0.2, 0.25) is 15.1 Å². The standard InChI is InChI=1S/C34H34Cl3N3O4S/c1-3-24(2)38-34(42)32(18-25-10-6-4-7-11-25)39(22-26-14-16-27(35)17-15-26)33(41)23-40(30-20-28(36)19-29(37)21-30)45(43,44)31-12-8-5-9-13-31/h4-17,19-21,24,32H,3,18,22-23H2,1-2H3,(H,38,42)/t24-,32-/m0/s1. The molecule has 0 unspecified atom stereocenters. The smallest absolute Gasteiger partial charge is 0.264 e. The Balaban J connectivity index is 1.82. The molecular formula is C34H34Cl3N3O4S. The van der Waals surface area contributed by atoms with Gasteiger partial charge in [-0.25, -0.2) is 8.42 Å². The number of hydrogen-bond donors (Lipinski definition) is 1. The highest BCUT2D eigenvalue weighted by Crippen LogP contribution is 2.30. The quantitative estimate of drug-likeness (QED) is 0.159. The van der Waals surface area contributed by atoms with Crippen LogP contribution in [0.4, 0.5) is 5.69 Å². The van der Waals surface area contributed by atoms with Crippen LogP contribution in [0.1, 0.15) is 31.4 Å². The van der Waals surface area contributed by atoms with Crippen molar-refractivity contribution in [2.24, 2.45) is 0 Å². The summed E-state index contributed by atoms with van der Waals surface area (Å²) in [5.74, 6) is -0.945. The fourth-order valence-electron chi connectivity index (χ4n) is 4.71. The van der Waals surface area contributed by atoms with E-state index in [2.05, 4.69) is 5.32 Å². The van der Waals surface area contributed by atoms with Crippen molar-refractivity contribution in [1.82, 2.24) is 10.2 Å². The van der Waals surface area contributed by atoms with Crippen molar-refractivity contribution in [3.63, 3.8) is 0 Å². The fraction of sp³-hybridized carbons (Fsp3) is 0.235. The molecule has 0 radical (unpaired) electrons. The second-order valence-electron chi connectivity index (χ2n) is 10.6. The second-order valence-corrected chi connectivity index (χ2v) is 13.8. The Bertz CT molecular complexity index is 1690. The maximum Gasteiger partial charge on any atom is 0.264 e. The van der Waals surface area contributed by atoms with Crippen molar-refractivity contribution >= 4 is 62.3 Å². The van der Waals surface area contributed by atoms with Crippen LogP contribution in [-0.4, -0.2) is 43.8 Å². The molecule has 0 saturated carbocycles. The van der Waals surface area contributed by atoms with Gasteiger partial charge in [0.1, 0.15) is 12.6 Å². The number of anilines is 1. The molecule has 0 aliphatic rings. The molecule has 0 spiro atoms. The van der Waals surface area contributed by atoms with Crippen molar-refractivity contribution in [2.45, 2.75) is 50.2 Å². The van der Waals surface area contributed by atoms with Crippen molar-refractivity contribution in [1.29, 1.82) is 0 Å². The van der Waals surface area contributed by atoms with Crippen LogP contribution in [0.25, 0.3) is 0 Å². The predicted molar refractivity (Wildman–Crippen MR) is 181 cm³/mol. The number of amides is 2. The summed E-state index contributed by atoms with van der Waals surface area (Å²) in [6.45, 7) is 3.25. The Morgan fingerprint density at radius 1 is 0.778 bits per heavy atom. The number of carbonyl (C=O) groups is 2. The fourth-order valence-corrected chi connectivity index (χ4v) is 6.77. The average Bonchev–Trinajstić information content (AvgIpc) is 3.02. The lowest BCUT2D eigenvalue weighted by atomic mass is 10.0. The van der Waals surface area contributed by atoms with Crippen LogP contribution in [-0.2, 0) is 32.6 Å². The highest BCUT2D eigenvalue weighted by Gasteiger charge is 2.35. The summed E-state index contributed by atoms with van der Waals surface area (Å²) in [4.78, 5) is 29.8. The minimum atomic E-state index is -4.27. The highest BCUT2D eigenvalue weighted by atomic mass is 35.5. The van der Waals surface area contributed by atoms with Gasteiger partial charge >= 0.3 is 0 Å². The number of halogens is 3. The molecule has 4 aromatic rings. The molecule has 0 aromatic heterocycles. The SMILES string of the molecule is CC[C@H](C)NC(=O)[C@H](Cc1ccccc1)N(Cc1ccc(Cl)cc1)C(=O)CN(c1cc(Cl)cc(Cl)c1)S(=O)(=O)c1ccccc1. The molecule has 0 bridgehead atoms. The summed E-state index contributed by atoms with van der Waals surface area (Å²) in [5, 5.41) is 3.93. The third-order valence-electron chi connectivity index (χ3n) is 7.28. The minimum absolute atomic E-state index is 0.0199. The summed E-state index contributed by atoms with van der Waals surface area (Å²) in [6, 6.07) is 27.3. The van der Waals surface area contributed by atoms with Gasteiger partial charge in [-0.1, -0.05) is 102 Å². The Hall–Kier alpha value is -3.56. The van der Waals surface area contributed by atoms with E-state index in [4.69, 9.17) is 34.8 Å². The van der Waals surface area contributed by atoms with Gasteiger partial charge in [0.2, 0.25) is 11.8 Å². The molecule has 0 saturated heterocycles. The van der Waals surface area contributed by atoms with Crippen molar-refractivity contribution in [2.75, 3.05) is 10.8 Å². The first kappa shape index (κ1) is 34.3. The molecule has 2 amide bonds. The van der Waals surface area contributed by atoms with Gasteiger partial charge in [0.15, 0.2) is 0 Å². The Kier molecular flexibility index (Phi) is 11.9. The number of nitrogens with one attached hydrogen (secondary N) is 1. The molecule has 11 heteroatoms. The second kappa shape index (κ2) is 15.6. The molecule has 236 valence electrons. The van der Waals surface area contributed by atoms with Crippen LogP contribution >= 0.6 is 34.8 Å². The van der Waals surface area contributed by atoms with Gasteiger partial charge in [-0.05, 0) is 66.9 Å². The highest BCUT2D eigenvalue weighted by molar-refractivity contribution is 7.92. The monoisotopic (exact) mass is 685 g/mol. The lowest BCUT2D eigenvalue weighted by Crippen LogP contribution is -2.54. The number of carbonyl (C=O) groups excluding carboxylic acids is 2. The third-order valence-corrected chi connectivity index (χ3v) is 9.76. The molecule has 0 aliphatic heterocycles. The zero-order chi connectivity index (χ0) is 32.6. The molecule has 45 heavy (non-hydrogen) atoms. The van der Waals surface area contributed by atoms with Crippen LogP contribution in [0.15, 0.2) is 108 Å². The summed E-state index contributed by atoms with van der Waals surface area (Å²) in [5.41, 5.74) is 1.66.